The molecule has 3 rings (SSSR count). The molecule has 0 atom stereocenters. The average molecular weight is 361 g/mol. The summed E-state index contributed by atoms with van der Waals surface area (Å²) in [7, 11) is 3.82. The molecule has 0 bridgehead atoms. The van der Waals surface area contributed by atoms with Crippen LogP contribution in [0.4, 0.5) is 0 Å². The van der Waals surface area contributed by atoms with Gasteiger partial charge >= 0.3 is 0 Å². The second-order valence-corrected chi connectivity index (χ2v) is 6.61. The topological polar surface area (TPSA) is 33.3 Å². The molecule has 136 valence electrons. The lowest BCUT2D eigenvalue weighted by molar-refractivity contribution is 0.315. The van der Waals surface area contributed by atoms with Crippen molar-refractivity contribution in [2.45, 2.75) is 44.3 Å². The Morgan fingerprint density at radius 1 is 0.920 bits per heavy atom. The number of benzene rings is 2. The van der Waals surface area contributed by atoms with E-state index in [4.69, 9.17) is 4.74 Å². The summed E-state index contributed by atoms with van der Waals surface area (Å²) >= 11 is 0. The van der Waals surface area contributed by atoms with E-state index in [1.165, 1.54) is 42.4 Å². The van der Waals surface area contributed by atoms with Gasteiger partial charge in [0.05, 0.1) is 7.11 Å². The Morgan fingerprint density at radius 3 is 2.24 bits per heavy atom. The fourth-order valence-electron chi connectivity index (χ4n) is 3.57. The third-order valence-electron chi connectivity index (χ3n) is 5.10. The third-order valence-corrected chi connectivity index (χ3v) is 5.10. The summed E-state index contributed by atoms with van der Waals surface area (Å²) in [6, 6.07) is 18.3. The Morgan fingerprint density at radius 2 is 1.60 bits per heavy atom. The molecule has 2 aromatic rings. The highest BCUT2D eigenvalue weighted by Crippen LogP contribution is 2.27. The molecule has 0 heterocycles. The fraction of sp³-hybridized carbons (Fsp3) is 0.429. The van der Waals surface area contributed by atoms with Gasteiger partial charge in [-0.1, -0.05) is 36.4 Å². The van der Waals surface area contributed by atoms with Gasteiger partial charge in [-0.2, -0.15) is 0 Å². The van der Waals surface area contributed by atoms with Crippen molar-refractivity contribution in [1.29, 1.82) is 0 Å². The number of hydrogen-bond acceptors (Lipinski definition) is 3. The highest BCUT2D eigenvalue weighted by molar-refractivity contribution is 5.85. The number of ether oxygens (including phenoxy) is 1. The van der Waals surface area contributed by atoms with Crippen LogP contribution in [0.3, 0.4) is 0 Å². The zero-order chi connectivity index (χ0) is 16.8. The summed E-state index contributed by atoms with van der Waals surface area (Å²) in [5, 5.41) is 7.12. The summed E-state index contributed by atoms with van der Waals surface area (Å²) in [6.45, 7) is 0.860. The normalized spacial score (nSPS) is 19.9. The first-order valence-electron chi connectivity index (χ1n) is 8.93. The molecule has 0 amide bonds. The lowest BCUT2D eigenvalue weighted by Crippen LogP contribution is -2.38. The van der Waals surface area contributed by atoms with Crippen LogP contribution >= 0.6 is 12.4 Å². The molecule has 2 N–H and O–H groups in total. The van der Waals surface area contributed by atoms with Crippen molar-refractivity contribution < 1.29 is 4.74 Å². The molecule has 0 spiro atoms. The Balaban J connectivity index is 0.00000225. The van der Waals surface area contributed by atoms with Crippen molar-refractivity contribution >= 4 is 12.4 Å². The average Bonchev–Trinajstić information content (AvgIpc) is 2.67. The van der Waals surface area contributed by atoms with Crippen molar-refractivity contribution in [3.05, 3.63) is 54.1 Å². The van der Waals surface area contributed by atoms with E-state index in [9.17, 15) is 0 Å². The number of halogens is 1. The van der Waals surface area contributed by atoms with Crippen LogP contribution in [-0.4, -0.2) is 26.2 Å². The summed E-state index contributed by atoms with van der Waals surface area (Å²) in [4.78, 5) is 0. The molecule has 4 heteroatoms. The molecule has 0 saturated heterocycles. The van der Waals surface area contributed by atoms with E-state index < -0.39 is 0 Å². The van der Waals surface area contributed by atoms with Gasteiger partial charge in [0.15, 0.2) is 0 Å². The molecule has 0 unspecified atom stereocenters. The zero-order valence-corrected chi connectivity index (χ0v) is 15.9. The Hall–Kier alpha value is -1.55. The molecule has 0 aliphatic heterocycles. The van der Waals surface area contributed by atoms with E-state index >= 15 is 0 Å². The van der Waals surface area contributed by atoms with Crippen LogP contribution in [0, 0.1) is 0 Å². The number of rotatable bonds is 6. The van der Waals surface area contributed by atoms with E-state index in [2.05, 4.69) is 66.2 Å². The second-order valence-electron chi connectivity index (χ2n) is 6.61. The molecule has 1 saturated carbocycles. The van der Waals surface area contributed by atoms with Crippen molar-refractivity contribution in [2.75, 3.05) is 14.2 Å². The Bertz CT molecular complexity index is 640. The standard InChI is InChI=1S/C21H28N2O.ClH/c1-22-19-9-11-20(12-10-19)23-15-18-14-17(8-13-21(18)24-2)16-6-4-3-5-7-16;/h3-8,13-14,19-20,22-23H,9-12,15H2,1-2H3;1H. The van der Waals surface area contributed by atoms with Crippen molar-refractivity contribution in [1.82, 2.24) is 10.6 Å². The summed E-state index contributed by atoms with van der Waals surface area (Å²) in [5.74, 6) is 0.964. The number of methoxy groups -OCH3 is 1. The quantitative estimate of drug-likeness (QED) is 0.800. The van der Waals surface area contributed by atoms with Gasteiger partial charge in [0, 0.05) is 24.2 Å². The Labute approximate surface area is 157 Å². The van der Waals surface area contributed by atoms with Gasteiger partial charge in [0.1, 0.15) is 5.75 Å². The summed E-state index contributed by atoms with van der Waals surface area (Å²) in [6.07, 6.45) is 5.00. The van der Waals surface area contributed by atoms with Crippen LogP contribution in [0.15, 0.2) is 48.5 Å². The minimum absolute atomic E-state index is 0. The predicted molar refractivity (Wildman–Crippen MR) is 108 cm³/mol. The predicted octanol–water partition coefficient (Wildman–Crippen LogP) is 4.40. The molecular weight excluding hydrogens is 332 g/mol. The molecule has 1 aliphatic carbocycles. The molecule has 1 fully saturated rings. The van der Waals surface area contributed by atoms with Crippen LogP contribution in [-0.2, 0) is 6.54 Å². The van der Waals surface area contributed by atoms with E-state index in [-0.39, 0.29) is 12.4 Å². The van der Waals surface area contributed by atoms with E-state index in [0.29, 0.717) is 12.1 Å². The maximum atomic E-state index is 5.56. The smallest absolute Gasteiger partial charge is 0.123 e. The van der Waals surface area contributed by atoms with Gasteiger partial charge < -0.3 is 15.4 Å². The van der Waals surface area contributed by atoms with Gasteiger partial charge in [-0.3, -0.25) is 0 Å². The van der Waals surface area contributed by atoms with Crippen LogP contribution in [0.5, 0.6) is 5.75 Å². The van der Waals surface area contributed by atoms with Crippen LogP contribution in [0.1, 0.15) is 31.2 Å². The maximum Gasteiger partial charge on any atom is 0.123 e. The minimum atomic E-state index is 0. The zero-order valence-electron chi connectivity index (χ0n) is 15.1. The van der Waals surface area contributed by atoms with Gasteiger partial charge in [-0.25, -0.2) is 0 Å². The lowest BCUT2D eigenvalue weighted by Gasteiger charge is -2.29. The minimum Gasteiger partial charge on any atom is -0.496 e. The lowest BCUT2D eigenvalue weighted by atomic mass is 9.91. The SMILES string of the molecule is CNC1CCC(NCc2cc(-c3ccccc3)ccc2OC)CC1.Cl. The van der Waals surface area contributed by atoms with E-state index in [0.717, 1.165) is 12.3 Å². The molecule has 2 aromatic carbocycles. The third kappa shape index (κ3) is 5.21. The van der Waals surface area contributed by atoms with Crippen molar-refractivity contribution in [3.8, 4) is 16.9 Å². The van der Waals surface area contributed by atoms with Gasteiger partial charge in [-0.05, 0) is 56.0 Å². The fourth-order valence-corrected chi connectivity index (χ4v) is 3.57. The van der Waals surface area contributed by atoms with E-state index in [1.807, 2.05) is 0 Å². The van der Waals surface area contributed by atoms with Crippen LogP contribution in [0.2, 0.25) is 0 Å². The molecule has 25 heavy (non-hydrogen) atoms. The molecule has 0 aromatic heterocycles. The van der Waals surface area contributed by atoms with E-state index in [1.54, 1.807) is 7.11 Å². The number of hydrogen-bond donors (Lipinski definition) is 2. The molecule has 1 aliphatic rings. The maximum absolute atomic E-state index is 5.56. The monoisotopic (exact) mass is 360 g/mol. The second kappa shape index (κ2) is 9.81. The molecule has 0 radical (unpaired) electrons. The van der Waals surface area contributed by atoms with Crippen LogP contribution < -0.4 is 15.4 Å². The first-order chi connectivity index (χ1) is 11.8. The van der Waals surface area contributed by atoms with Crippen LogP contribution in [0.25, 0.3) is 11.1 Å². The highest BCUT2D eigenvalue weighted by atomic mass is 35.5. The van der Waals surface area contributed by atoms with Crippen molar-refractivity contribution in [3.63, 3.8) is 0 Å². The van der Waals surface area contributed by atoms with Gasteiger partial charge in [0.2, 0.25) is 0 Å². The van der Waals surface area contributed by atoms with Gasteiger partial charge in [-0.15, -0.1) is 12.4 Å². The highest BCUT2D eigenvalue weighted by Gasteiger charge is 2.19. The largest absolute Gasteiger partial charge is 0.496 e. The summed E-state index contributed by atoms with van der Waals surface area (Å²) < 4.78 is 5.56. The first-order valence-corrected chi connectivity index (χ1v) is 8.93. The van der Waals surface area contributed by atoms with Gasteiger partial charge in [0.25, 0.3) is 0 Å². The Kier molecular flexibility index (Phi) is 7.76. The number of nitrogens with one attached hydrogen (secondary N) is 2. The van der Waals surface area contributed by atoms with Crippen molar-refractivity contribution in [2.24, 2.45) is 0 Å². The summed E-state index contributed by atoms with van der Waals surface area (Å²) in [5.41, 5.74) is 3.72. The molecule has 3 nitrogen and oxygen atoms in total. The first kappa shape index (κ1) is 19.8. The molecular formula is C21H29ClN2O.